The first kappa shape index (κ1) is 13.6. The summed E-state index contributed by atoms with van der Waals surface area (Å²) in [6.45, 7) is 3.66. The minimum atomic E-state index is -0.0439. The lowest BCUT2D eigenvalue weighted by molar-refractivity contribution is 0.207. The van der Waals surface area contributed by atoms with Gasteiger partial charge in [-0.3, -0.25) is 0 Å². The summed E-state index contributed by atoms with van der Waals surface area (Å²) in [6.07, 6.45) is 0.861. The van der Waals surface area contributed by atoms with Crippen LogP contribution in [0.2, 0.25) is 0 Å². The Bertz CT molecular complexity index is 611. The number of nitrogens with zero attached hydrogens (tertiary/aromatic N) is 3. The van der Waals surface area contributed by atoms with Crippen LogP contribution < -0.4 is 5.32 Å². The number of carbonyl (C=O) groups excluding carboxylic acids is 1. The molecule has 6 heteroatoms. The lowest BCUT2D eigenvalue weighted by Crippen LogP contribution is -2.37. The molecule has 1 fully saturated rings. The molecule has 0 unspecified atom stereocenters. The topological polar surface area (TPSA) is 71.3 Å². The van der Waals surface area contributed by atoms with Gasteiger partial charge in [0.25, 0.3) is 0 Å². The van der Waals surface area contributed by atoms with Gasteiger partial charge in [0.15, 0.2) is 0 Å². The quantitative estimate of drug-likeness (QED) is 0.937. The summed E-state index contributed by atoms with van der Waals surface area (Å²) < 4.78 is 5.44. The predicted octanol–water partition coefficient (Wildman–Crippen LogP) is 2.08. The fourth-order valence-corrected chi connectivity index (χ4v) is 2.51. The Hall–Kier alpha value is -2.37. The van der Waals surface area contributed by atoms with Gasteiger partial charge in [-0.2, -0.15) is 0 Å². The van der Waals surface area contributed by atoms with Crippen LogP contribution in [0.15, 0.2) is 34.7 Å². The van der Waals surface area contributed by atoms with Gasteiger partial charge in [-0.15, -0.1) is 10.2 Å². The fourth-order valence-electron chi connectivity index (χ4n) is 2.51. The number of benzene rings is 1. The van der Waals surface area contributed by atoms with Crippen molar-refractivity contribution in [1.82, 2.24) is 20.4 Å². The molecule has 0 spiro atoms. The molecule has 0 aliphatic carbocycles. The summed E-state index contributed by atoms with van der Waals surface area (Å²) in [7, 11) is 0. The normalized spacial score (nSPS) is 18.0. The molecule has 1 N–H and O–H groups in total. The first-order chi connectivity index (χ1) is 10.2. The van der Waals surface area contributed by atoms with E-state index < -0.39 is 0 Å². The van der Waals surface area contributed by atoms with E-state index in [-0.39, 0.29) is 11.9 Å². The summed E-state index contributed by atoms with van der Waals surface area (Å²) >= 11 is 0. The van der Waals surface area contributed by atoms with Gasteiger partial charge in [-0.05, 0) is 12.0 Å². The SMILES string of the molecule is Cc1nnc([C@H]2CCN(C(=O)NCc3ccccc3)C2)o1. The molecule has 2 aromatic rings. The molecule has 2 heterocycles. The van der Waals surface area contributed by atoms with Crippen molar-refractivity contribution >= 4 is 6.03 Å². The van der Waals surface area contributed by atoms with Crippen molar-refractivity contribution < 1.29 is 9.21 Å². The first-order valence-corrected chi connectivity index (χ1v) is 7.09. The predicted molar refractivity (Wildman–Crippen MR) is 76.6 cm³/mol. The van der Waals surface area contributed by atoms with E-state index in [1.54, 1.807) is 11.8 Å². The number of hydrogen-bond acceptors (Lipinski definition) is 4. The van der Waals surface area contributed by atoms with Gasteiger partial charge in [-0.25, -0.2) is 4.79 Å². The number of aryl methyl sites for hydroxylation is 1. The number of amides is 2. The van der Waals surface area contributed by atoms with Crippen molar-refractivity contribution in [1.29, 1.82) is 0 Å². The zero-order valence-corrected chi connectivity index (χ0v) is 12.0. The van der Waals surface area contributed by atoms with E-state index in [1.807, 2.05) is 30.3 Å². The van der Waals surface area contributed by atoms with E-state index >= 15 is 0 Å². The maximum absolute atomic E-state index is 12.1. The van der Waals surface area contributed by atoms with Crippen LogP contribution in [0, 0.1) is 6.92 Å². The van der Waals surface area contributed by atoms with Gasteiger partial charge in [0.05, 0.1) is 5.92 Å². The molecule has 0 saturated carbocycles. The van der Waals surface area contributed by atoms with Crippen molar-refractivity contribution in [3.63, 3.8) is 0 Å². The van der Waals surface area contributed by atoms with E-state index in [2.05, 4.69) is 15.5 Å². The van der Waals surface area contributed by atoms with Crippen molar-refractivity contribution in [2.45, 2.75) is 25.8 Å². The maximum atomic E-state index is 12.1. The summed E-state index contributed by atoms with van der Waals surface area (Å²) in [6, 6.07) is 9.83. The monoisotopic (exact) mass is 286 g/mol. The number of urea groups is 1. The zero-order valence-electron chi connectivity index (χ0n) is 12.0. The zero-order chi connectivity index (χ0) is 14.7. The largest absolute Gasteiger partial charge is 0.425 e. The van der Waals surface area contributed by atoms with Gasteiger partial charge in [-0.1, -0.05) is 30.3 Å². The van der Waals surface area contributed by atoms with Crippen molar-refractivity contribution in [2.75, 3.05) is 13.1 Å². The lowest BCUT2D eigenvalue weighted by Gasteiger charge is -2.16. The van der Waals surface area contributed by atoms with Crippen LogP contribution in [-0.2, 0) is 6.54 Å². The summed E-state index contributed by atoms with van der Waals surface area (Å²) in [5.41, 5.74) is 1.09. The lowest BCUT2D eigenvalue weighted by atomic mass is 10.1. The molecule has 1 atom stereocenters. The Balaban J connectivity index is 1.52. The van der Waals surface area contributed by atoms with E-state index in [1.165, 1.54) is 0 Å². The highest BCUT2D eigenvalue weighted by Gasteiger charge is 2.30. The molecule has 0 bridgehead atoms. The van der Waals surface area contributed by atoms with Crippen molar-refractivity contribution in [3.05, 3.63) is 47.7 Å². The molecule has 3 rings (SSSR count). The number of aromatic nitrogens is 2. The van der Waals surface area contributed by atoms with Crippen LogP contribution in [-0.4, -0.2) is 34.2 Å². The van der Waals surface area contributed by atoms with Gasteiger partial charge in [0.1, 0.15) is 0 Å². The highest BCUT2D eigenvalue weighted by molar-refractivity contribution is 5.74. The van der Waals surface area contributed by atoms with Crippen LogP contribution in [0.25, 0.3) is 0 Å². The minimum Gasteiger partial charge on any atom is -0.425 e. The van der Waals surface area contributed by atoms with Crippen molar-refractivity contribution in [3.8, 4) is 0 Å². The number of nitrogens with one attached hydrogen (secondary N) is 1. The third-order valence-electron chi connectivity index (χ3n) is 3.65. The molecule has 0 radical (unpaired) electrons. The second-order valence-electron chi connectivity index (χ2n) is 5.24. The van der Waals surface area contributed by atoms with Crippen LogP contribution >= 0.6 is 0 Å². The molecule has 1 saturated heterocycles. The molecule has 1 aromatic carbocycles. The molecule has 6 nitrogen and oxygen atoms in total. The van der Waals surface area contributed by atoms with Gasteiger partial charge >= 0.3 is 6.03 Å². The molecular formula is C15H18N4O2. The average Bonchev–Trinajstić information content (AvgIpc) is 3.14. The standard InChI is InChI=1S/C15H18N4O2/c1-11-17-18-14(21-11)13-7-8-19(10-13)15(20)16-9-12-5-3-2-4-6-12/h2-6,13H,7-10H2,1H3,(H,16,20)/t13-/m0/s1. The van der Waals surface area contributed by atoms with Gasteiger partial charge in [0, 0.05) is 26.6 Å². The van der Waals surface area contributed by atoms with Crippen LogP contribution in [0.1, 0.15) is 29.7 Å². The smallest absolute Gasteiger partial charge is 0.317 e. The van der Waals surface area contributed by atoms with Gasteiger partial charge < -0.3 is 14.6 Å². The van der Waals surface area contributed by atoms with E-state index in [9.17, 15) is 4.79 Å². The second kappa shape index (κ2) is 5.95. The van der Waals surface area contributed by atoms with Crippen LogP contribution in [0.4, 0.5) is 4.79 Å². The molecule has 21 heavy (non-hydrogen) atoms. The number of rotatable bonds is 3. The third-order valence-corrected chi connectivity index (χ3v) is 3.65. The Labute approximate surface area is 123 Å². The number of carbonyl (C=O) groups is 1. The maximum Gasteiger partial charge on any atom is 0.317 e. The number of hydrogen-bond donors (Lipinski definition) is 1. The molecule has 1 aliphatic rings. The molecule has 110 valence electrons. The van der Waals surface area contributed by atoms with Crippen LogP contribution in [0.5, 0.6) is 0 Å². The summed E-state index contributed by atoms with van der Waals surface area (Å²) in [5, 5.41) is 10.8. The summed E-state index contributed by atoms with van der Waals surface area (Å²) in [4.78, 5) is 13.9. The van der Waals surface area contributed by atoms with E-state index in [0.717, 1.165) is 12.0 Å². The van der Waals surface area contributed by atoms with Gasteiger partial charge in [0.2, 0.25) is 11.8 Å². The Kier molecular flexibility index (Phi) is 3.85. The molecular weight excluding hydrogens is 268 g/mol. The number of likely N-dealkylation sites (tertiary alicyclic amines) is 1. The molecule has 1 aliphatic heterocycles. The first-order valence-electron chi connectivity index (χ1n) is 7.09. The summed E-state index contributed by atoms with van der Waals surface area (Å²) in [5.74, 6) is 1.34. The Morgan fingerprint density at radius 2 is 2.19 bits per heavy atom. The highest BCUT2D eigenvalue weighted by Crippen LogP contribution is 2.25. The minimum absolute atomic E-state index is 0.0439. The molecule has 2 amide bonds. The fraction of sp³-hybridized carbons (Fsp3) is 0.400. The third kappa shape index (κ3) is 3.21. The van der Waals surface area contributed by atoms with Crippen LogP contribution in [0.3, 0.4) is 0 Å². The van der Waals surface area contributed by atoms with Crippen molar-refractivity contribution in [2.24, 2.45) is 0 Å². The molecule has 1 aromatic heterocycles. The van der Waals surface area contributed by atoms with E-state index in [0.29, 0.717) is 31.4 Å². The Morgan fingerprint density at radius 3 is 2.90 bits per heavy atom. The highest BCUT2D eigenvalue weighted by atomic mass is 16.4. The average molecular weight is 286 g/mol. The Morgan fingerprint density at radius 1 is 1.38 bits per heavy atom. The van der Waals surface area contributed by atoms with E-state index in [4.69, 9.17) is 4.42 Å². The second-order valence-corrected chi connectivity index (χ2v) is 5.24.